The molecular formula is C49H58N10O7. The van der Waals surface area contributed by atoms with Gasteiger partial charge in [0.1, 0.15) is 36.0 Å². The average Bonchev–Trinajstić information content (AvgIpc) is 3.30. The second-order valence-corrected chi connectivity index (χ2v) is 16.6. The van der Waals surface area contributed by atoms with Gasteiger partial charge in [-0.2, -0.15) is 0 Å². The molecule has 1 saturated heterocycles. The lowest BCUT2D eigenvalue weighted by Gasteiger charge is -2.33. The van der Waals surface area contributed by atoms with Crippen LogP contribution < -0.4 is 38.5 Å². The molecule has 17 heteroatoms. The van der Waals surface area contributed by atoms with E-state index in [0.717, 1.165) is 32.7 Å². The number of amides is 7. The zero-order valence-corrected chi connectivity index (χ0v) is 37.1. The normalized spacial score (nSPS) is 19.9. The number of carbonyl (C=O) groups is 6. The Morgan fingerprint density at radius 1 is 0.621 bits per heavy atom. The highest BCUT2D eigenvalue weighted by Crippen LogP contribution is 2.24. The predicted octanol–water partition coefficient (Wildman–Crippen LogP) is 2.35. The van der Waals surface area contributed by atoms with Gasteiger partial charge in [0.05, 0.1) is 0 Å². The van der Waals surface area contributed by atoms with Gasteiger partial charge in [-0.1, -0.05) is 97.1 Å². The fraction of sp³-hybridized carbons (Fsp3) is 0.327. The third-order valence-corrected chi connectivity index (χ3v) is 11.9. The molecule has 17 nitrogen and oxygen atoms in total. The van der Waals surface area contributed by atoms with Crippen molar-refractivity contribution in [2.75, 3.05) is 27.2 Å². The van der Waals surface area contributed by atoms with Gasteiger partial charge < -0.3 is 53.4 Å². The topological polar surface area (TPSA) is 268 Å². The molecule has 1 aliphatic rings. The van der Waals surface area contributed by atoms with Crippen LogP contribution in [0.3, 0.4) is 0 Å². The fourth-order valence-corrected chi connectivity index (χ4v) is 8.34. The Bertz CT molecular complexity index is 2580. The van der Waals surface area contributed by atoms with Crippen molar-refractivity contribution < 1.29 is 33.9 Å². The van der Waals surface area contributed by atoms with E-state index >= 15 is 4.79 Å². The van der Waals surface area contributed by atoms with E-state index in [1.165, 1.54) is 36.0 Å². The first-order valence-electron chi connectivity index (χ1n) is 21.9. The van der Waals surface area contributed by atoms with E-state index in [1.54, 1.807) is 12.1 Å². The van der Waals surface area contributed by atoms with Crippen LogP contribution in [-0.4, -0.2) is 114 Å². The minimum Gasteiger partial charge on any atom is -0.508 e. The van der Waals surface area contributed by atoms with E-state index in [0.29, 0.717) is 5.56 Å². The summed E-state index contributed by atoms with van der Waals surface area (Å²) in [6, 6.07) is 26.1. The van der Waals surface area contributed by atoms with Crippen molar-refractivity contribution in [3.8, 4) is 5.75 Å². The maximum absolute atomic E-state index is 15.2. The van der Waals surface area contributed by atoms with E-state index in [9.17, 15) is 29.1 Å². The average molecular weight is 899 g/mol. The molecule has 6 rings (SSSR count). The van der Waals surface area contributed by atoms with Gasteiger partial charge in [0.2, 0.25) is 29.5 Å². The van der Waals surface area contributed by atoms with Gasteiger partial charge in [-0.15, -0.1) is 0 Å². The molecule has 5 atom stereocenters. The summed E-state index contributed by atoms with van der Waals surface area (Å²) in [5.74, 6) is -3.41. The van der Waals surface area contributed by atoms with Gasteiger partial charge in [0, 0.05) is 46.4 Å². The molecule has 11 N–H and O–H groups in total. The van der Waals surface area contributed by atoms with Crippen LogP contribution in [0.15, 0.2) is 114 Å². The standard InChI is InChI=1S/C49H58N10O7/c1-58-41(17-9-25-54-49(52)66)44(62)57-40(28-31-18-21-32-10-3-4-12-34(32)26-31)47(65)59(2)42(29-35-14-7-13-33-11-5-6-15-37(33)35)45(63)56-39(27-30-19-22-36(60)23-20-30)43(61)55-38(46(58)64)16-8-24-53-48(50)51/h3-7,10-15,18-23,26,38-42,60H,8-9,16-17,24-25,27-29H2,1-2H3,(H,55,61)(H,56,63)(H,57,62)(H4,50,51,53)(H3,52,54,66)/t38-,39+,40-,41-,42-/m0/s1. The molecule has 0 unspecified atom stereocenters. The van der Waals surface area contributed by atoms with Gasteiger partial charge >= 0.3 is 6.03 Å². The number of guanidine groups is 1. The number of nitrogens with two attached hydrogens (primary N) is 3. The molecule has 5 aromatic carbocycles. The Labute approximate surface area is 383 Å². The number of aliphatic imine (C=N–C) groups is 1. The number of primary amides is 1. The fourth-order valence-electron chi connectivity index (χ4n) is 8.34. The number of phenolic OH excluding ortho intramolecular Hbond substituents is 1. The van der Waals surface area contributed by atoms with Crippen molar-refractivity contribution in [2.45, 2.75) is 75.2 Å². The van der Waals surface area contributed by atoms with E-state index in [-0.39, 0.29) is 69.7 Å². The number of fused-ring (bicyclic) bond motifs is 2. The lowest BCUT2D eigenvalue weighted by Crippen LogP contribution is -2.59. The Morgan fingerprint density at radius 3 is 1.94 bits per heavy atom. The summed E-state index contributed by atoms with van der Waals surface area (Å²) < 4.78 is 0. The SMILES string of the molecule is CN1C(=O)[C@H](CCCN=C(N)N)NC(=O)[C@@H](Cc2ccc(O)cc2)NC(=O)[C@H](Cc2cccc3ccccc23)N(C)C(=O)[C@H](Cc2ccc3ccccc3c2)NC(=O)[C@@H]1CCCNC(N)=O. The van der Waals surface area contributed by atoms with E-state index in [2.05, 4.69) is 26.3 Å². The molecular weight excluding hydrogens is 841 g/mol. The van der Waals surface area contributed by atoms with Crippen LogP contribution in [0.4, 0.5) is 4.79 Å². The molecule has 0 radical (unpaired) electrons. The summed E-state index contributed by atoms with van der Waals surface area (Å²) >= 11 is 0. The number of aromatic hydroxyl groups is 1. The number of hydrogen-bond donors (Lipinski definition) is 8. The quantitative estimate of drug-likeness (QED) is 0.0461. The number of phenols is 1. The number of hydrogen-bond acceptors (Lipinski definition) is 8. The van der Waals surface area contributed by atoms with Crippen LogP contribution in [0.2, 0.25) is 0 Å². The van der Waals surface area contributed by atoms with Crippen molar-refractivity contribution in [1.29, 1.82) is 0 Å². The molecule has 1 fully saturated rings. The number of nitrogens with one attached hydrogen (secondary N) is 4. The number of benzene rings is 5. The van der Waals surface area contributed by atoms with Crippen molar-refractivity contribution >= 4 is 63.1 Å². The minimum absolute atomic E-state index is 0.000401. The Morgan fingerprint density at radius 2 is 1.21 bits per heavy atom. The van der Waals surface area contributed by atoms with Crippen LogP contribution in [0.25, 0.3) is 21.5 Å². The van der Waals surface area contributed by atoms with Gasteiger partial charge in [-0.3, -0.25) is 29.0 Å². The summed E-state index contributed by atoms with van der Waals surface area (Å²) in [6.07, 6.45) is 0.528. The zero-order valence-electron chi connectivity index (χ0n) is 37.1. The smallest absolute Gasteiger partial charge is 0.312 e. The third-order valence-electron chi connectivity index (χ3n) is 11.9. The first-order chi connectivity index (χ1) is 31.7. The highest BCUT2D eigenvalue weighted by atomic mass is 16.3. The van der Waals surface area contributed by atoms with Crippen molar-refractivity contribution in [2.24, 2.45) is 22.2 Å². The second kappa shape index (κ2) is 22.3. The lowest BCUT2D eigenvalue weighted by molar-refractivity contribution is -0.144. The molecule has 0 spiro atoms. The summed E-state index contributed by atoms with van der Waals surface area (Å²) in [7, 11) is 2.93. The van der Waals surface area contributed by atoms with Gasteiger partial charge in [-0.25, -0.2) is 4.79 Å². The van der Waals surface area contributed by atoms with Crippen molar-refractivity contribution in [3.05, 3.63) is 126 Å². The lowest BCUT2D eigenvalue weighted by atomic mass is 9.96. The number of nitrogens with zero attached hydrogens (tertiary/aromatic N) is 3. The largest absolute Gasteiger partial charge is 0.508 e. The number of urea groups is 1. The van der Waals surface area contributed by atoms with E-state index < -0.39 is 65.8 Å². The molecule has 7 amide bonds. The van der Waals surface area contributed by atoms with Gasteiger partial charge in [0.25, 0.3) is 0 Å². The van der Waals surface area contributed by atoms with Crippen LogP contribution in [-0.2, 0) is 43.2 Å². The summed E-state index contributed by atoms with van der Waals surface area (Å²) in [5, 5.41) is 25.0. The van der Waals surface area contributed by atoms with Crippen LogP contribution in [0, 0.1) is 0 Å². The first kappa shape index (κ1) is 47.8. The Hall–Kier alpha value is -7.69. The molecule has 0 bridgehead atoms. The van der Waals surface area contributed by atoms with E-state index in [1.807, 2.05) is 84.9 Å². The van der Waals surface area contributed by atoms with Crippen molar-refractivity contribution in [1.82, 2.24) is 31.1 Å². The maximum Gasteiger partial charge on any atom is 0.312 e. The summed E-state index contributed by atoms with van der Waals surface area (Å²) in [6.45, 7) is 0.216. The molecule has 346 valence electrons. The van der Waals surface area contributed by atoms with Crippen LogP contribution in [0.5, 0.6) is 5.75 Å². The third kappa shape index (κ3) is 12.5. The Balaban J connectivity index is 1.47. The van der Waals surface area contributed by atoms with Crippen LogP contribution in [0.1, 0.15) is 42.4 Å². The Kier molecular flexibility index (Phi) is 16.1. The minimum atomic E-state index is -1.28. The van der Waals surface area contributed by atoms with E-state index in [4.69, 9.17) is 17.2 Å². The molecule has 66 heavy (non-hydrogen) atoms. The second-order valence-electron chi connectivity index (χ2n) is 16.6. The number of carbonyl (C=O) groups excluding carboxylic acids is 6. The summed E-state index contributed by atoms with van der Waals surface area (Å²) in [4.78, 5) is 92.3. The molecule has 0 aromatic heterocycles. The molecule has 0 aliphatic carbocycles. The zero-order chi connectivity index (χ0) is 47.3. The van der Waals surface area contributed by atoms with Crippen molar-refractivity contribution in [3.63, 3.8) is 0 Å². The molecule has 5 aromatic rings. The van der Waals surface area contributed by atoms with Gasteiger partial charge in [0.15, 0.2) is 5.96 Å². The van der Waals surface area contributed by atoms with Gasteiger partial charge in [-0.05, 0) is 76.1 Å². The molecule has 0 saturated carbocycles. The summed E-state index contributed by atoms with van der Waals surface area (Å²) in [5.41, 5.74) is 18.6. The molecule has 1 heterocycles. The highest BCUT2D eigenvalue weighted by Gasteiger charge is 2.39. The first-order valence-corrected chi connectivity index (χ1v) is 21.9. The highest BCUT2D eigenvalue weighted by molar-refractivity contribution is 5.98. The number of rotatable bonds is 14. The number of likely N-dealkylation sites (N-methyl/N-ethyl adjacent to an activating group) is 2. The maximum atomic E-state index is 15.2. The predicted molar refractivity (Wildman–Crippen MR) is 253 cm³/mol. The van der Waals surface area contributed by atoms with Crippen LogP contribution >= 0.6 is 0 Å². The monoisotopic (exact) mass is 898 g/mol. The molecule has 1 aliphatic heterocycles.